The maximum atomic E-state index is 6.24. The Morgan fingerprint density at radius 2 is 1.68 bits per heavy atom. The first-order chi connectivity index (χ1) is 10.7. The molecule has 1 aromatic carbocycles. The number of benzene rings is 1. The summed E-state index contributed by atoms with van der Waals surface area (Å²) in [5.74, 6) is 1.65. The molecule has 0 aliphatic heterocycles. The second-order valence-corrected chi connectivity index (χ2v) is 4.95. The van der Waals surface area contributed by atoms with E-state index in [2.05, 4.69) is 4.98 Å². The number of methoxy groups -OCH3 is 3. The SMILES string of the molecule is COc1cc(-c2cc(Cl)c3occc3n2)cc(OC)c1OC. The largest absolute Gasteiger partial charge is 0.493 e. The quantitative estimate of drug-likeness (QED) is 0.722. The summed E-state index contributed by atoms with van der Waals surface area (Å²) in [6.45, 7) is 0. The highest BCUT2D eigenvalue weighted by Crippen LogP contribution is 2.41. The summed E-state index contributed by atoms with van der Waals surface area (Å²) in [5.41, 5.74) is 2.76. The molecule has 5 nitrogen and oxygen atoms in total. The van der Waals surface area contributed by atoms with E-state index in [-0.39, 0.29) is 0 Å². The molecule has 0 bridgehead atoms. The van der Waals surface area contributed by atoms with Gasteiger partial charge >= 0.3 is 0 Å². The van der Waals surface area contributed by atoms with Crippen LogP contribution in [0.2, 0.25) is 5.02 Å². The molecular formula is C16H14ClNO4. The first-order valence-corrected chi connectivity index (χ1v) is 6.90. The Morgan fingerprint density at radius 3 is 2.27 bits per heavy atom. The summed E-state index contributed by atoms with van der Waals surface area (Å²) in [5, 5.41) is 0.499. The van der Waals surface area contributed by atoms with Crippen molar-refractivity contribution in [1.29, 1.82) is 0 Å². The van der Waals surface area contributed by atoms with Crippen LogP contribution in [-0.2, 0) is 0 Å². The third-order valence-corrected chi connectivity index (χ3v) is 3.61. The topological polar surface area (TPSA) is 53.7 Å². The smallest absolute Gasteiger partial charge is 0.203 e. The Labute approximate surface area is 132 Å². The highest BCUT2D eigenvalue weighted by atomic mass is 35.5. The zero-order valence-electron chi connectivity index (χ0n) is 12.3. The summed E-state index contributed by atoms with van der Waals surface area (Å²) >= 11 is 6.24. The molecule has 3 aromatic rings. The lowest BCUT2D eigenvalue weighted by Crippen LogP contribution is -1.96. The molecule has 0 aliphatic rings. The van der Waals surface area contributed by atoms with Gasteiger partial charge in [-0.05, 0) is 18.2 Å². The van der Waals surface area contributed by atoms with E-state index in [0.717, 1.165) is 5.56 Å². The lowest BCUT2D eigenvalue weighted by molar-refractivity contribution is 0.324. The number of halogens is 1. The van der Waals surface area contributed by atoms with Gasteiger partial charge in [0.2, 0.25) is 5.75 Å². The maximum absolute atomic E-state index is 6.24. The Balaban J connectivity index is 2.21. The fourth-order valence-electron chi connectivity index (χ4n) is 2.29. The molecule has 0 fully saturated rings. The van der Waals surface area contributed by atoms with Gasteiger partial charge in [0.05, 0.1) is 38.3 Å². The number of hydrogen-bond acceptors (Lipinski definition) is 5. The van der Waals surface area contributed by atoms with Crippen LogP contribution in [0.5, 0.6) is 17.2 Å². The minimum atomic E-state index is 0.499. The van der Waals surface area contributed by atoms with Crippen LogP contribution in [0.25, 0.3) is 22.4 Å². The second kappa shape index (κ2) is 5.77. The summed E-state index contributed by atoms with van der Waals surface area (Å²) in [7, 11) is 4.70. The molecule has 2 heterocycles. The number of nitrogens with zero attached hydrogens (tertiary/aromatic N) is 1. The van der Waals surface area contributed by atoms with Gasteiger partial charge in [-0.25, -0.2) is 4.98 Å². The van der Waals surface area contributed by atoms with Crippen LogP contribution in [0.15, 0.2) is 34.9 Å². The van der Waals surface area contributed by atoms with Crippen molar-refractivity contribution >= 4 is 22.7 Å². The van der Waals surface area contributed by atoms with Gasteiger partial charge in [0, 0.05) is 11.6 Å². The average Bonchev–Trinajstić information content (AvgIpc) is 3.02. The predicted molar refractivity (Wildman–Crippen MR) is 84.1 cm³/mol. The number of pyridine rings is 1. The molecule has 6 heteroatoms. The van der Waals surface area contributed by atoms with Crippen LogP contribution in [0, 0.1) is 0 Å². The summed E-state index contributed by atoms with van der Waals surface area (Å²) < 4.78 is 21.3. The molecule has 114 valence electrons. The van der Waals surface area contributed by atoms with Crippen molar-refractivity contribution in [3.05, 3.63) is 35.6 Å². The lowest BCUT2D eigenvalue weighted by Gasteiger charge is -2.14. The van der Waals surface area contributed by atoms with Crippen LogP contribution in [0.3, 0.4) is 0 Å². The third-order valence-electron chi connectivity index (χ3n) is 3.33. The molecule has 0 spiro atoms. The van der Waals surface area contributed by atoms with Gasteiger partial charge in [0.1, 0.15) is 5.52 Å². The van der Waals surface area contributed by atoms with Gasteiger partial charge in [0.25, 0.3) is 0 Å². The van der Waals surface area contributed by atoms with Crippen molar-refractivity contribution in [3.8, 4) is 28.5 Å². The second-order valence-electron chi connectivity index (χ2n) is 4.54. The van der Waals surface area contributed by atoms with E-state index in [4.69, 9.17) is 30.2 Å². The summed E-state index contributed by atoms with van der Waals surface area (Å²) in [4.78, 5) is 4.54. The van der Waals surface area contributed by atoms with E-state index in [1.807, 2.05) is 12.1 Å². The minimum absolute atomic E-state index is 0.499. The standard InChI is InChI=1S/C16H14ClNO4/c1-19-13-6-9(7-14(20-2)16(13)21-3)12-8-10(17)15-11(18-12)4-5-22-15/h4-8H,1-3H3. The molecule has 0 amide bonds. The molecule has 2 aromatic heterocycles. The monoisotopic (exact) mass is 319 g/mol. The third kappa shape index (κ3) is 2.33. The van der Waals surface area contributed by atoms with Crippen molar-refractivity contribution in [2.75, 3.05) is 21.3 Å². The summed E-state index contributed by atoms with van der Waals surface area (Å²) in [6.07, 6.45) is 1.56. The average molecular weight is 320 g/mol. The van der Waals surface area contributed by atoms with Crippen molar-refractivity contribution < 1.29 is 18.6 Å². The Morgan fingerprint density at radius 1 is 1.00 bits per heavy atom. The number of fused-ring (bicyclic) bond motifs is 1. The normalized spacial score (nSPS) is 10.7. The molecule has 0 saturated carbocycles. The first kappa shape index (κ1) is 14.5. The molecule has 0 N–H and O–H groups in total. The van der Waals surface area contributed by atoms with Gasteiger partial charge in [-0.2, -0.15) is 0 Å². The van der Waals surface area contributed by atoms with Gasteiger partial charge < -0.3 is 18.6 Å². The van der Waals surface area contributed by atoms with Gasteiger partial charge in [-0.3, -0.25) is 0 Å². The zero-order chi connectivity index (χ0) is 15.7. The van der Waals surface area contributed by atoms with E-state index in [9.17, 15) is 0 Å². The van der Waals surface area contributed by atoms with Crippen LogP contribution in [0.4, 0.5) is 0 Å². The molecule has 0 atom stereocenters. The number of rotatable bonds is 4. The summed E-state index contributed by atoms with van der Waals surface area (Å²) in [6, 6.07) is 7.16. The first-order valence-electron chi connectivity index (χ1n) is 6.52. The molecule has 0 radical (unpaired) electrons. The molecular weight excluding hydrogens is 306 g/mol. The predicted octanol–water partition coefficient (Wildman–Crippen LogP) is 4.17. The van der Waals surface area contributed by atoms with Gasteiger partial charge in [-0.15, -0.1) is 0 Å². The van der Waals surface area contributed by atoms with E-state index in [0.29, 0.717) is 39.1 Å². The van der Waals surface area contributed by atoms with Crippen molar-refractivity contribution in [2.45, 2.75) is 0 Å². The van der Waals surface area contributed by atoms with Crippen LogP contribution >= 0.6 is 11.6 Å². The number of furan rings is 1. The van der Waals surface area contributed by atoms with Gasteiger partial charge in [-0.1, -0.05) is 11.6 Å². The Kier molecular flexibility index (Phi) is 3.81. The fraction of sp³-hybridized carbons (Fsp3) is 0.188. The number of hydrogen-bond donors (Lipinski definition) is 0. The Hall–Kier alpha value is -2.40. The Bertz CT molecular complexity index is 803. The molecule has 0 saturated heterocycles. The van der Waals surface area contributed by atoms with Crippen LogP contribution in [0.1, 0.15) is 0 Å². The van der Waals surface area contributed by atoms with E-state index in [1.54, 1.807) is 39.7 Å². The molecule has 22 heavy (non-hydrogen) atoms. The van der Waals surface area contributed by atoms with Crippen LogP contribution in [-0.4, -0.2) is 26.3 Å². The fourth-order valence-corrected chi connectivity index (χ4v) is 2.54. The number of ether oxygens (including phenoxy) is 3. The van der Waals surface area contributed by atoms with Crippen molar-refractivity contribution in [2.24, 2.45) is 0 Å². The molecule has 0 aliphatic carbocycles. The molecule has 0 unspecified atom stereocenters. The highest BCUT2D eigenvalue weighted by Gasteiger charge is 2.16. The molecule has 3 rings (SSSR count). The maximum Gasteiger partial charge on any atom is 0.203 e. The van der Waals surface area contributed by atoms with Crippen molar-refractivity contribution in [3.63, 3.8) is 0 Å². The van der Waals surface area contributed by atoms with E-state index >= 15 is 0 Å². The van der Waals surface area contributed by atoms with Gasteiger partial charge in [0.15, 0.2) is 17.1 Å². The number of aromatic nitrogens is 1. The van der Waals surface area contributed by atoms with E-state index < -0.39 is 0 Å². The highest BCUT2D eigenvalue weighted by molar-refractivity contribution is 6.34. The lowest BCUT2D eigenvalue weighted by atomic mass is 10.1. The van der Waals surface area contributed by atoms with Crippen LogP contribution < -0.4 is 14.2 Å². The van der Waals surface area contributed by atoms with E-state index in [1.165, 1.54) is 0 Å². The van der Waals surface area contributed by atoms with Crippen molar-refractivity contribution in [1.82, 2.24) is 4.98 Å². The zero-order valence-corrected chi connectivity index (χ0v) is 13.1. The minimum Gasteiger partial charge on any atom is -0.493 e.